The molecule has 0 aliphatic carbocycles. The summed E-state index contributed by atoms with van der Waals surface area (Å²) in [6.07, 6.45) is 4.55. The highest BCUT2D eigenvalue weighted by atomic mass is 16.6. The fourth-order valence-electron chi connectivity index (χ4n) is 6.46. The third kappa shape index (κ3) is 7.04. The van der Waals surface area contributed by atoms with E-state index in [0.29, 0.717) is 52.8 Å². The van der Waals surface area contributed by atoms with Gasteiger partial charge in [0.2, 0.25) is 0 Å². The Morgan fingerprint density at radius 2 is 0.759 bits per heavy atom. The Bertz CT molecular complexity index is 1960. The molecular weight excluding hydrogens is 714 g/mol. The van der Waals surface area contributed by atoms with Crippen LogP contribution in [-0.2, 0) is 14.2 Å². The van der Waals surface area contributed by atoms with Crippen LogP contribution in [0.4, 0.5) is 17.5 Å². The molecule has 0 unspecified atom stereocenters. The second-order valence-electron chi connectivity index (χ2n) is 12.7. The average Bonchev–Trinajstić information content (AvgIpc) is 4.02. The molecule has 288 valence electrons. The van der Waals surface area contributed by atoms with E-state index in [-0.39, 0.29) is 55.6 Å². The van der Waals surface area contributed by atoms with Crippen LogP contribution in [0.5, 0.6) is 0 Å². The number of fused-ring (bicyclic) bond motifs is 3. The number of nitrogens with zero attached hydrogens (tertiary/aromatic N) is 12. The summed E-state index contributed by atoms with van der Waals surface area (Å²) < 4.78 is 21.4. The molecule has 6 aromatic heterocycles. The minimum Gasteiger partial charge on any atom is -0.394 e. The first-order valence-electron chi connectivity index (χ1n) is 16.7. The van der Waals surface area contributed by atoms with Gasteiger partial charge in [0.1, 0.15) is 53.8 Å². The summed E-state index contributed by atoms with van der Waals surface area (Å²) in [6.45, 7) is -0.383. The van der Waals surface area contributed by atoms with Crippen molar-refractivity contribution >= 4 is 50.9 Å². The molecule has 6 aromatic rings. The van der Waals surface area contributed by atoms with Crippen LogP contribution < -0.4 is 17.2 Å². The second-order valence-corrected chi connectivity index (χ2v) is 12.7. The summed E-state index contributed by atoms with van der Waals surface area (Å²) in [4.78, 5) is 36.1. The number of rotatable bonds is 6. The highest BCUT2D eigenvalue weighted by molar-refractivity contribution is 5.82. The largest absolute Gasteiger partial charge is 0.394 e. The van der Waals surface area contributed by atoms with Crippen LogP contribution in [0.2, 0.25) is 0 Å². The molecule has 9 heterocycles. The minimum absolute atomic E-state index is 0.128. The van der Waals surface area contributed by atoms with E-state index in [1.54, 1.807) is 13.7 Å². The van der Waals surface area contributed by atoms with Crippen LogP contribution in [0.3, 0.4) is 0 Å². The van der Waals surface area contributed by atoms with Gasteiger partial charge < -0.3 is 62.1 Å². The van der Waals surface area contributed by atoms with Crippen LogP contribution in [0.1, 0.15) is 37.9 Å². The number of anilines is 3. The Kier molecular flexibility index (Phi) is 10.7. The molecule has 12 N–H and O–H groups in total. The molecule has 0 radical (unpaired) electrons. The molecule has 0 amide bonds. The minimum atomic E-state index is -0.712. The first-order valence-corrected chi connectivity index (χ1v) is 16.7. The van der Waals surface area contributed by atoms with Gasteiger partial charge in [0.25, 0.3) is 0 Å². The van der Waals surface area contributed by atoms with Gasteiger partial charge in [0.05, 0.1) is 57.1 Å². The van der Waals surface area contributed by atoms with Crippen LogP contribution in [0.15, 0.2) is 38.0 Å². The Morgan fingerprint density at radius 3 is 1.00 bits per heavy atom. The Hall–Kier alpha value is -5.31. The monoisotopic (exact) mass is 753 g/mol. The third-order valence-electron chi connectivity index (χ3n) is 9.09. The van der Waals surface area contributed by atoms with Crippen molar-refractivity contribution in [3.05, 3.63) is 38.0 Å². The summed E-state index contributed by atoms with van der Waals surface area (Å²) >= 11 is 0. The number of nitrogens with two attached hydrogens (primary N) is 3. The van der Waals surface area contributed by atoms with Crippen LogP contribution in [-0.4, -0.2) is 146 Å². The topological polar surface area (TPSA) is 358 Å². The van der Waals surface area contributed by atoms with Gasteiger partial charge in [-0.3, -0.25) is 13.7 Å². The van der Waals surface area contributed by atoms with Crippen LogP contribution in [0.25, 0.3) is 33.5 Å². The van der Waals surface area contributed by atoms with Gasteiger partial charge in [0, 0.05) is 19.3 Å². The maximum absolute atomic E-state index is 9.93. The lowest BCUT2D eigenvalue weighted by atomic mass is 10.2. The molecule has 24 nitrogen and oxygen atoms in total. The summed E-state index contributed by atoms with van der Waals surface area (Å²) in [5, 5.41) is 56.9. The molecule has 0 aromatic carbocycles. The van der Waals surface area contributed by atoms with Crippen molar-refractivity contribution in [2.75, 3.05) is 37.0 Å². The van der Waals surface area contributed by atoms with E-state index < -0.39 is 37.0 Å². The van der Waals surface area contributed by atoms with Crippen molar-refractivity contribution in [3.63, 3.8) is 0 Å². The molecule has 9 atom stereocenters. The van der Waals surface area contributed by atoms with E-state index in [9.17, 15) is 15.3 Å². The van der Waals surface area contributed by atoms with E-state index in [0.717, 1.165) is 0 Å². The number of hydrogen-bond acceptors (Lipinski definition) is 21. The zero-order valence-corrected chi connectivity index (χ0v) is 28.4. The standard InChI is InChI=1S/3C10H13N5O3/c3*11-8-7-9(13-3-12-8)15(4-14-7)10-6(17)1-5(2-16)18-10/h3*3-6,10,16-17H,1-2H2,(H2,11,12,13)/t3*5-,6+,10+/m000/s1. The first kappa shape index (κ1) is 37.0. The number of aromatic nitrogens is 12. The van der Waals surface area contributed by atoms with E-state index >= 15 is 0 Å². The van der Waals surface area contributed by atoms with Gasteiger partial charge in [-0.1, -0.05) is 0 Å². The van der Waals surface area contributed by atoms with Crippen LogP contribution >= 0.6 is 0 Å². The maximum Gasteiger partial charge on any atom is 0.167 e. The van der Waals surface area contributed by atoms with Crippen molar-refractivity contribution in [1.82, 2.24) is 58.6 Å². The molecule has 0 saturated carbocycles. The Balaban J connectivity index is 0.000000125. The molecule has 0 bridgehead atoms. The quantitative estimate of drug-likeness (QED) is 0.0826. The zero-order valence-electron chi connectivity index (χ0n) is 28.4. The molecule has 54 heavy (non-hydrogen) atoms. The van der Waals surface area contributed by atoms with Crippen LogP contribution in [0, 0.1) is 0 Å². The zero-order chi connectivity index (χ0) is 38.1. The normalized spacial score (nSPS) is 28.0. The maximum atomic E-state index is 9.93. The highest BCUT2D eigenvalue weighted by Gasteiger charge is 2.38. The second kappa shape index (κ2) is 15.6. The summed E-state index contributed by atoms with van der Waals surface area (Å²) in [5.41, 5.74) is 20.0. The summed E-state index contributed by atoms with van der Waals surface area (Å²) in [6, 6.07) is 0. The number of aliphatic hydroxyl groups excluding tert-OH is 6. The molecule has 3 aliphatic heterocycles. The lowest BCUT2D eigenvalue weighted by Gasteiger charge is -2.16. The van der Waals surface area contributed by atoms with Gasteiger partial charge in [-0.05, 0) is 0 Å². The van der Waals surface area contributed by atoms with Gasteiger partial charge in [-0.25, -0.2) is 44.9 Å². The average molecular weight is 754 g/mol. The number of aliphatic hydroxyl groups is 6. The fraction of sp³-hybridized carbons (Fsp3) is 0.500. The lowest BCUT2D eigenvalue weighted by Crippen LogP contribution is -2.19. The summed E-state index contributed by atoms with van der Waals surface area (Å²) in [5.74, 6) is 0.847. The smallest absolute Gasteiger partial charge is 0.167 e. The highest BCUT2D eigenvalue weighted by Crippen LogP contribution is 2.33. The fourth-order valence-corrected chi connectivity index (χ4v) is 6.46. The molecular formula is C30H39N15O9. The van der Waals surface area contributed by atoms with Crippen molar-refractivity contribution < 1.29 is 44.8 Å². The predicted molar refractivity (Wildman–Crippen MR) is 184 cm³/mol. The van der Waals surface area contributed by atoms with Crippen molar-refractivity contribution in [2.45, 2.75) is 74.6 Å². The molecule has 0 spiro atoms. The van der Waals surface area contributed by atoms with E-state index in [1.807, 2.05) is 0 Å². The van der Waals surface area contributed by atoms with E-state index in [4.69, 9.17) is 46.7 Å². The summed E-state index contributed by atoms with van der Waals surface area (Å²) in [7, 11) is 0. The van der Waals surface area contributed by atoms with E-state index in [2.05, 4.69) is 44.9 Å². The SMILES string of the molecule is Nc1ncnc2c1ncn2[C@@H]1O[C@H](CO)C[C@H]1O.Nc1ncnc2c1ncn2[C@@H]1O[C@H](CO)C[C@H]1O.Nc1ncnc2c1ncn2[C@@H]1O[C@H](CO)C[C@H]1O. The van der Waals surface area contributed by atoms with E-state index in [1.165, 1.54) is 38.0 Å². The molecule has 3 fully saturated rings. The Labute approximate surface area is 303 Å². The number of nitrogen functional groups attached to an aromatic ring is 3. The van der Waals surface area contributed by atoms with Gasteiger partial charge in [0.15, 0.2) is 53.1 Å². The van der Waals surface area contributed by atoms with Gasteiger partial charge >= 0.3 is 0 Å². The van der Waals surface area contributed by atoms with Crippen molar-refractivity contribution in [3.8, 4) is 0 Å². The molecule has 9 rings (SSSR count). The number of imidazole rings is 3. The van der Waals surface area contributed by atoms with Gasteiger partial charge in [-0.15, -0.1) is 0 Å². The Morgan fingerprint density at radius 1 is 0.481 bits per heavy atom. The molecule has 3 saturated heterocycles. The number of hydrogen-bond donors (Lipinski definition) is 9. The van der Waals surface area contributed by atoms with Crippen molar-refractivity contribution in [1.29, 1.82) is 0 Å². The lowest BCUT2D eigenvalue weighted by molar-refractivity contribution is -0.0486. The molecule has 24 heteroatoms. The van der Waals surface area contributed by atoms with Gasteiger partial charge in [-0.2, -0.15) is 0 Å². The molecule has 3 aliphatic rings. The third-order valence-corrected chi connectivity index (χ3v) is 9.09. The first-order chi connectivity index (χ1) is 26.1. The predicted octanol–water partition coefficient (Wildman–Crippen LogP) is -2.85. The number of ether oxygens (including phenoxy) is 3. The van der Waals surface area contributed by atoms with Crippen molar-refractivity contribution in [2.24, 2.45) is 0 Å².